The molecule has 0 rings (SSSR count). The quantitative estimate of drug-likeness (QED) is 0.0244. The molecular formula is C60H111NO5. The second kappa shape index (κ2) is 53.8. The van der Waals surface area contributed by atoms with E-state index in [0.717, 1.165) is 83.5 Å². The predicted octanol–water partition coefficient (Wildman–Crippen LogP) is 17.8. The topological polar surface area (TPSA) is 95.9 Å². The second-order valence-electron chi connectivity index (χ2n) is 19.7. The maximum Gasteiger partial charge on any atom is 0.306 e. The van der Waals surface area contributed by atoms with E-state index in [-0.39, 0.29) is 24.9 Å². The van der Waals surface area contributed by atoms with E-state index in [1.165, 1.54) is 167 Å². The van der Waals surface area contributed by atoms with Crippen molar-refractivity contribution in [1.29, 1.82) is 0 Å². The van der Waals surface area contributed by atoms with Crippen molar-refractivity contribution in [1.82, 2.24) is 5.32 Å². The van der Waals surface area contributed by atoms with Crippen molar-refractivity contribution in [2.75, 3.05) is 6.61 Å². The number of aliphatic hydroxyl groups excluding tert-OH is 2. The summed E-state index contributed by atoms with van der Waals surface area (Å²) in [5, 5.41) is 23.9. The lowest BCUT2D eigenvalue weighted by atomic mass is 10.0. The number of ether oxygens (including phenoxy) is 1. The first-order valence-electron chi connectivity index (χ1n) is 28.9. The van der Waals surface area contributed by atoms with Gasteiger partial charge in [-0.25, -0.2) is 0 Å². The molecule has 6 nitrogen and oxygen atoms in total. The molecule has 0 saturated heterocycles. The van der Waals surface area contributed by atoms with Crippen LogP contribution in [0.1, 0.15) is 297 Å². The van der Waals surface area contributed by atoms with Crippen LogP contribution >= 0.6 is 0 Å². The fraction of sp³-hybridized carbons (Fsp3) is 0.833. The van der Waals surface area contributed by atoms with Crippen molar-refractivity contribution in [3.05, 3.63) is 48.6 Å². The highest BCUT2D eigenvalue weighted by molar-refractivity contribution is 5.77. The number of carbonyl (C=O) groups excluding carboxylic acids is 2. The van der Waals surface area contributed by atoms with Crippen LogP contribution in [0, 0.1) is 0 Å². The van der Waals surface area contributed by atoms with Crippen LogP contribution in [0.2, 0.25) is 0 Å². The van der Waals surface area contributed by atoms with Gasteiger partial charge in [-0.15, -0.1) is 0 Å². The molecule has 386 valence electrons. The highest BCUT2D eigenvalue weighted by Gasteiger charge is 2.24. The number of carbonyl (C=O) groups is 2. The summed E-state index contributed by atoms with van der Waals surface area (Å²) in [5.41, 5.74) is 0. The summed E-state index contributed by atoms with van der Waals surface area (Å²) in [5.74, 6) is -0.486. The van der Waals surface area contributed by atoms with Crippen LogP contribution in [0.5, 0.6) is 0 Å². The van der Waals surface area contributed by atoms with Crippen LogP contribution in [0.4, 0.5) is 0 Å². The highest BCUT2D eigenvalue weighted by Crippen LogP contribution is 2.18. The number of amides is 1. The molecule has 0 aliphatic carbocycles. The van der Waals surface area contributed by atoms with Crippen molar-refractivity contribution in [2.24, 2.45) is 0 Å². The molecule has 1 amide bonds. The minimum absolute atomic E-state index is 0.0646. The minimum atomic E-state index is -0.794. The first kappa shape index (κ1) is 63.8. The molecule has 0 saturated carbocycles. The molecule has 0 spiro atoms. The third-order valence-electron chi connectivity index (χ3n) is 13.2. The Bertz CT molecular complexity index is 1130. The first-order chi connectivity index (χ1) is 32.5. The van der Waals surface area contributed by atoms with Crippen LogP contribution in [-0.4, -0.2) is 46.9 Å². The SMILES string of the molecule is CC/C=C/C=C/C=C/CCCCCCCC(CC(=O)NC(CO)C(O)CCCCCCCCCCCCCCCCC)OC(=O)CCCCCCCCCCC/C=C/CCCCCCCC. The van der Waals surface area contributed by atoms with Gasteiger partial charge in [0.05, 0.1) is 25.2 Å². The van der Waals surface area contributed by atoms with Gasteiger partial charge >= 0.3 is 5.97 Å². The molecule has 3 unspecified atom stereocenters. The van der Waals surface area contributed by atoms with E-state index in [4.69, 9.17) is 4.74 Å². The van der Waals surface area contributed by atoms with E-state index >= 15 is 0 Å². The third-order valence-corrected chi connectivity index (χ3v) is 13.2. The molecule has 0 heterocycles. The molecule has 3 atom stereocenters. The number of aliphatic hydroxyl groups is 2. The molecule has 3 N–H and O–H groups in total. The second-order valence-corrected chi connectivity index (χ2v) is 19.7. The van der Waals surface area contributed by atoms with Crippen LogP contribution < -0.4 is 5.32 Å². The standard InChI is InChI=1S/C60H111NO5/c1-4-7-10-13-16-19-22-25-27-28-29-30-32-35-38-41-44-47-50-53-60(65)66-56(51-48-45-42-39-36-33-24-21-18-15-12-9-6-3)54-59(64)61-57(55-62)58(63)52-49-46-43-40-37-34-31-26-23-20-17-14-11-8-5-2/h9,12,15,18,21,24-25,27,56-58,62-63H,4-8,10-11,13-14,16-17,19-20,22-23,26,28-55H2,1-3H3,(H,61,64)/b12-9+,18-15+,24-21+,27-25+. The monoisotopic (exact) mass is 926 g/mol. The van der Waals surface area contributed by atoms with Gasteiger partial charge in [-0.05, 0) is 70.6 Å². The molecule has 0 bridgehead atoms. The molecule has 6 heteroatoms. The van der Waals surface area contributed by atoms with Gasteiger partial charge in [-0.1, -0.05) is 262 Å². The summed E-state index contributed by atoms with van der Waals surface area (Å²) in [7, 11) is 0. The Hall–Kier alpha value is -2.18. The Morgan fingerprint density at radius 1 is 0.455 bits per heavy atom. The van der Waals surface area contributed by atoms with Gasteiger partial charge in [0, 0.05) is 6.42 Å². The average molecular weight is 927 g/mol. The Balaban J connectivity index is 4.51. The van der Waals surface area contributed by atoms with Crippen molar-refractivity contribution in [2.45, 2.75) is 315 Å². The fourth-order valence-corrected chi connectivity index (χ4v) is 8.84. The van der Waals surface area contributed by atoms with Crippen LogP contribution in [0.25, 0.3) is 0 Å². The largest absolute Gasteiger partial charge is 0.462 e. The zero-order chi connectivity index (χ0) is 48.1. The molecule has 0 fully saturated rings. The highest BCUT2D eigenvalue weighted by atomic mass is 16.5. The van der Waals surface area contributed by atoms with Crippen LogP contribution in [-0.2, 0) is 14.3 Å². The lowest BCUT2D eigenvalue weighted by Crippen LogP contribution is -2.46. The summed E-state index contributed by atoms with van der Waals surface area (Å²) in [4.78, 5) is 26.3. The van der Waals surface area contributed by atoms with E-state index in [2.05, 4.69) is 74.7 Å². The van der Waals surface area contributed by atoms with E-state index in [9.17, 15) is 19.8 Å². The predicted molar refractivity (Wildman–Crippen MR) is 287 cm³/mol. The molecule has 66 heavy (non-hydrogen) atoms. The van der Waals surface area contributed by atoms with Gasteiger partial charge in [0.15, 0.2) is 0 Å². The first-order valence-corrected chi connectivity index (χ1v) is 28.9. The number of allylic oxidation sites excluding steroid dienone is 8. The molecule has 0 aliphatic heterocycles. The number of nitrogens with one attached hydrogen (secondary N) is 1. The fourth-order valence-electron chi connectivity index (χ4n) is 8.84. The molecule has 0 radical (unpaired) electrons. The Kier molecular flexibility index (Phi) is 52.0. The van der Waals surface area contributed by atoms with Gasteiger partial charge in [-0.2, -0.15) is 0 Å². The van der Waals surface area contributed by atoms with Gasteiger partial charge in [0.25, 0.3) is 0 Å². The average Bonchev–Trinajstić information content (AvgIpc) is 3.31. The number of rotatable bonds is 52. The van der Waals surface area contributed by atoms with Crippen molar-refractivity contribution < 1.29 is 24.5 Å². The molecule has 0 aromatic heterocycles. The zero-order valence-corrected chi connectivity index (χ0v) is 44.1. The Labute approximate surface area is 410 Å². The smallest absolute Gasteiger partial charge is 0.306 e. The maximum absolute atomic E-state index is 13.3. The summed E-state index contributed by atoms with van der Waals surface area (Å²) < 4.78 is 5.95. The number of hydrogen-bond donors (Lipinski definition) is 3. The summed E-state index contributed by atoms with van der Waals surface area (Å²) >= 11 is 0. The van der Waals surface area contributed by atoms with E-state index in [1.54, 1.807) is 0 Å². The van der Waals surface area contributed by atoms with E-state index in [0.29, 0.717) is 19.3 Å². The van der Waals surface area contributed by atoms with Gasteiger partial charge in [0.2, 0.25) is 5.91 Å². The Morgan fingerprint density at radius 2 is 0.833 bits per heavy atom. The zero-order valence-electron chi connectivity index (χ0n) is 44.1. The lowest BCUT2D eigenvalue weighted by molar-refractivity contribution is -0.151. The van der Waals surface area contributed by atoms with Crippen molar-refractivity contribution in [3.63, 3.8) is 0 Å². The lowest BCUT2D eigenvalue weighted by Gasteiger charge is -2.24. The van der Waals surface area contributed by atoms with Gasteiger partial charge in [0.1, 0.15) is 6.10 Å². The number of hydrogen-bond acceptors (Lipinski definition) is 5. The maximum atomic E-state index is 13.3. The minimum Gasteiger partial charge on any atom is -0.462 e. The molecule has 0 aliphatic rings. The summed E-state index contributed by atoms with van der Waals surface area (Å²) in [6, 6.07) is -0.709. The number of esters is 1. The van der Waals surface area contributed by atoms with Gasteiger partial charge < -0.3 is 20.3 Å². The molecule has 0 aromatic carbocycles. The molecular weight excluding hydrogens is 815 g/mol. The molecule has 0 aromatic rings. The normalized spacial score (nSPS) is 13.5. The van der Waals surface area contributed by atoms with Gasteiger partial charge in [-0.3, -0.25) is 9.59 Å². The van der Waals surface area contributed by atoms with E-state index < -0.39 is 18.2 Å². The third kappa shape index (κ3) is 48.3. The van der Waals surface area contributed by atoms with E-state index in [1.807, 2.05) is 0 Å². The van der Waals surface area contributed by atoms with Crippen molar-refractivity contribution in [3.8, 4) is 0 Å². The van der Waals surface area contributed by atoms with Crippen molar-refractivity contribution >= 4 is 11.9 Å². The summed E-state index contributed by atoms with van der Waals surface area (Å²) in [6.07, 6.45) is 66.1. The number of unbranched alkanes of at least 4 members (excludes halogenated alkanes) is 34. The van der Waals surface area contributed by atoms with Crippen LogP contribution in [0.15, 0.2) is 48.6 Å². The van der Waals surface area contributed by atoms with Crippen LogP contribution in [0.3, 0.4) is 0 Å². The Morgan fingerprint density at radius 3 is 1.27 bits per heavy atom. The summed E-state index contributed by atoms with van der Waals surface area (Å²) in [6.45, 7) is 6.37.